The van der Waals surface area contributed by atoms with E-state index in [0.29, 0.717) is 13.2 Å². The van der Waals surface area contributed by atoms with Crippen LogP contribution in [0, 0.1) is 0 Å². The quantitative estimate of drug-likeness (QED) is 0.220. The van der Waals surface area contributed by atoms with Gasteiger partial charge in [-0.25, -0.2) is 4.79 Å². The van der Waals surface area contributed by atoms with Crippen molar-refractivity contribution in [3.05, 3.63) is 65.7 Å². The smallest absolute Gasteiger partial charge is 0.322 e. The number of carbonyl (C=O) groups excluding carboxylic acids is 1. The van der Waals surface area contributed by atoms with Crippen LogP contribution in [0.15, 0.2) is 60.2 Å². The number of unbranched alkanes of at least 4 members (excludes halogenated alkanes) is 2. The van der Waals surface area contributed by atoms with Gasteiger partial charge in [-0.05, 0) is 89.0 Å². The normalized spacial score (nSPS) is 12.4. The number of nitrogens with one attached hydrogen (secondary N) is 1. The average Bonchev–Trinajstić information content (AvgIpc) is 2.91. The van der Waals surface area contributed by atoms with Gasteiger partial charge in [0.1, 0.15) is 5.75 Å². The molecular weight excluding hydrogens is 458 g/mol. The summed E-state index contributed by atoms with van der Waals surface area (Å²) in [5, 5.41) is 3.14. The molecule has 2 rings (SSSR count). The van der Waals surface area contributed by atoms with Gasteiger partial charge in [-0.3, -0.25) is 0 Å². The molecule has 0 saturated heterocycles. The molecule has 37 heavy (non-hydrogen) atoms. The molecule has 204 valence electrons. The fourth-order valence-electron chi connectivity index (χ4n) is 4.53. The first-order chi connectivity index (χ1) is 18.0. The summed E-state index contributed by atoms with van der Waals surface area (Å²) >= 11 is 0. The second-order valence-electron chi connectivity index (χ2n) is 9.70. The number of nitrogens with zero attached hydrogens (tertiary/aromatic N) is 2. The van der Waals surface area contributed by atoms with Crippen molar-refractivity contribution in [1.29, 1.82) is 0 Å². The highest BCUT2D eigenvalue weighted by Gasteiger charge is 2.22. The lowest BCUT2D eigenvalue weighted by Crippen LogP contribution is -2.43. The maximum Gasteiger partial charge on any atom is 0.322 e. The van der Waals surface area contributed by atoms with E-state index in [2.05, 4.69) is 68.3 Å². The fourth-order valence-corrected chi connectivity index (χ4v) is 4.53. The first-order valence-corrected chi connectivity index (χ1v) is 14.3. The van der Waals surface area contributed by atoms with Gasteiger partial charge in [-0.1, -0.05) is 75.6 Å². The number of urea groups is 1. The molecule has 0 fully saturated rings. The van der Waals surface area contributed by atoms with Gasteiger partial charge in [0.25, 0.3) is 0 Å². The lowest BCUT2D eigenvalue weighted by atomic mass is 10.0. The van der Waals surface area contributed by atoms with Crippen LogP contribution in [0.5, 0.6) is 5.75 Å². The Morgan fingerprint density at radius 3 is 2.27 bits per heavy atom. The summed E-state index contributed by atoms with van der Waals surface area (Å²) in [6.07, 6.45) is 8.84. The zero-order chi connectivity index (χ0) is 26.9. The molecule has 0 aliphatic rings. The molecule has 0 aromatic heterocycles. The van der Waals surface area contributed by atoms with Crippen LogP contribution in [-0.4, -0.2) is 54.7 Å². The summed E-state index contributed by atoms with van der Waals surface area (Å²) < 4.78 is 5.55. The summed E-state index contributed by atoms with van der Waals surface area (Å²) in [7, 11) is 0. The molecule has 5 nitrogen and oxygen atoms in total. The summed E-state index contributed by atoms with van der Waals surface area (Å²) in [5.41, 5.74) is 3.28. The van der Waals surface area contributed by atoms with Crippen molar-refractivity contribution in [1.82, 2.24) is 9.80 Å². The van der Waals surface area contributed by atoms with Gasteiger partial charge >= 0.3 is 6.03 Å². The van der Waals surface area contributed by atoms with E-state index in [1.807, 2.05) is 42.2 Å². The van der Waals surface area contributed by atoms with Crippen molar-refractivity contribution in [2.24, 2.45) is 0 Å². The third-order valence-electron chi connectivity index (χ3n) is 6.85. The monoisotopic (exact) mass is 507 g/mol. The Labute approximate surface area is 225 Å². The average molecular weight is 508 g/mol. The van der Waals surface area contributed by atoms with Gasteiger partial charge < -0.3 is 19.9 Å². The van der Waals surface area contributed by atoms with Crippen molar-refractivity contribution < 1.29 is 9.53 Å². The molecule has 1 atom stereocenters. The highest BCUT2D eigenvalue weighted by molar-refractivity contribution is 5.89. The summed E-state index contributed by atoms with van der Waals surface area (Å²) in [6.45, 7) is 15.3. The van der Waals surface area contributed by atoms with Crippen molar-refractivity contribution in [3.63, 3.8) is 0 Å². The van der Waals surface area contributed by atoms with Crippen LogP contribution in [0.1, 0.15) is 78.7 Å². The van der Waals surface area contributed by atoms with Crippen LogP contribution < -0.4 is 10.1 Å². The Morgan fingerprint density at radius 2 is 1.65 bits per heavy atom. The first-order valence-electron chi connectivity index (χ1n) is 14.3. The van der Waals surface area contributed by atoms with E-state index in [0.717, 1.165) is 56.8 Å². The van der Waals surface area contributed by atoms with E-state index >= 15 is 0 Å². The van der Waals surface area contributed by atoms with Gasteiger partial charge in [-0.2, -0.15) is 0 Å². The van der Waals surface area contributed by atoms with Crippen molar-refractivity contribution >= 4 is 17.8 Å². The second kappa shape index (κ2) is 17.6. The van der Waals surface area contributed by atoms with Crippen LogP contribution in [0.25, 0.3) is 6.08 Å². The minimum absolute atomic E-state index is 0.0473. The summed E-state index contributed by atoms with van der Waals surface area (Å²) in [4.78, 5) is 18.1. The lowest BCUT2D eigenvalue weighted by Gasteiger charge is -2.31. The number of benzene rings is 2. The molecule has 1 N–H and O–H groups in total. The van der Waals surface area contributed by atoms with Crippen LogP contribution in [0.4, 0.5) is 10.5 Å². The number of carbonyl (C=O) groups is 1. The lowest BCUT2D eigenvalue weighted by molar-refractivity contribution is 0.190. The number of hydrogen-bond donors (Lipinski definition) is 1. The van der Waals surface area contributed by atoms with Crippen molar-refractivity contribution in [2.75, 3.05) is 38.1 Å². The van der Waals surface area contributed by atoms with Crippen LogP contribution in [-0.2, 0) is 0 Å². The minimum Gasteiger partial charge on any atom is -0.494 e. The van der Waals surface area contributed by atoms with E-state index in [1.165, 1.54) is 24.0 Å². The molecule has 0 radical (unpaired) electrons. The zero-order valence-corrected chi connectivity index (χ0v) is 23.8. The Hall–Kier alpha value is -2.79. The Bertz CT molecular complexity index is 907. The van der Waals surface area contributed by atoms with E-state index in [1.54, 1.807) is 0 Å². The third-order valence-corrected chi connectivity index (χ3v) is 6.85. The molecule has 2 aromatic rings. The molecule has 0 heterocycles. The highest BCUT2D eigenvalue weighted by Crippen LogP contribution is 2.21. The van der Waals surface area contributed by atoms with E-state index in [4.69, 9.17) is 4.74 Å². The van der Waals surface area contributed by atoms with Crippen LogP contribution >= 0.6 is 0 Å². The molecule has 1 unspecified atom stereocenters. The fraction of sp³-hybridized carbons (Fsp3) is 0.531. The Kier molecular flexibility index (Phi) is 14.5. The van der Waals surface area contributed by atoms with Gasteiger partial charge in [0.05, 0.1) is 6.61 Å². The van der Waals surface area contributed by atoms with Gasteiger partial charge in [-0.15, -0.1) is 0 Å². The molecule has 0 spiro atoms. The van der Waals surface area contributed by atoms with Crippen LogP contribution in [0.2, 0.25) is 0 Å². The van der Waals surface area contributed by atoms with Gasteiger partial charge in [0.2, 0.25) is 0 Å². The molecule has 0 aliphatic heterocycles. The SMILES string of the molecule is CCCCCC(=Cc1ccccc1)CN(C(=O)Nc1ccc(OCC)cc1)C(C)CCCN(CC)CC. The first kappa shape index (κ1) is 30.4. The predicted molar refractivity (Wildman–Crippen MR) is 158 cm³/mol. The third kappa shape index (κ3) is 11.4. The molecule has 0 aliphatic carbocycles. The molecule has 5 heteroatoms. The minimum atomic E-state index is -0.0473. The topological polar surface area (TPSA) is 44.8 Å². The Morgan fingerprint density at radius 1 is 0.946 bits per heavy atom. The number of ether oxygens (including phenoxy) is 1. The number of anilines is 1. The maximum atomic E-state index is 13.6. The van der Waals surface area contributed by atoms with Crippen LogP contribution in [0.3, 0.4) is 0 Å². The molecular formula is C32H49N3O2. The van der Waals surface area contributed by atoms with E-state index in [-0.39, 0.29) is 12.1 Å². The number of rotatable bonds is 17. The number of amides is 2. The number of hydrogen-bond acceptors (Lipinski definition) is 3. The standard InChI is InChI=1S/C32H49N3O2/c1-6-10-12-19-29(25-28-17-13-11-14-18-28)26-35(27(5)16-15-24-34(7-2)8-3)32(36)33-30-20-22-31(23-21-30)37-9-4/h11,13-14,17-18,20-23,25,27H,6-10,12,15-16,19,24,26H2,1-5H3,(H,33,36). The predicted octanol–water partition coefficient (Wildman–Crippen LogP) is 8.09. The summed E-state index contributed by atoms with van der Waals surface area (Å²) in [6, 6.07) is 18.2. The zero-order valence-electron chi connectivity index (χ0n) is 23.8. The van der Waals surface area contributed by atoms with Crippen molar-refractivity contribution in [2.45, 2.75) is 79.2 Å². The largest absolute Gasteiger partial charge is 0.494 e. The second-order valence-corrected chi connectivity index (χ2v) is 9.70. The highest BCUT2D eigenvalue weighted by atomic mass is 16.5. The van der Waals surface area contributed by atoms with E-state index < -0.39 is 0 Å². The van der Waals surface area contributed by atoms with Gasteiger partial charge in [0, 0.05) is 18.3 Å². The molecule has 2 aromatic carbocycles. The maximum absolute atomic E-state index is 13.6. The molecule has 0 bridgehead atoms. The Balaban J connectivity index is 2.22. The van der Waals surface area contributed by atoms with E-state index in [9.17, 15) is 4.79 Å². The molecule has 2 amide bonds. The summed E-state index contributed by atoms with van der Waals surface area (Å²) in [5.74, 6) is 0.811. The molecule has 0 saturated carbocycles. The van der Waals surface area contributed by atoms with Gasteiger partial charge in [0.15, 0.2) is 0 Å². The van der Waals surface area contributed by atoms with Crippen molar-refractivity contribution in [3.8, 4) is 5.75 Å².